The van der Waals surface area contributed by atoms with E-state index < -0.39 is 194 Å². The fourth-order valence-electron chi connectivity index (χ4n) is 7.03. The molecule has 0 aromatic carbocycles. The normalized spacial score (nSPS) is 50.7. The van der Waals surface area contributed by atoms with Gasteiger partial charge in [0.1, 0.15) is 122 Å². The fraction of sp³-hybridized carbons (Fsp3) is 1.00. The SMILES string of the molecule is O=P(O)(O)OC[C@H]1O[C@H](O[C@@H]2[C@@H](O[C@@H]3[C@H](O)[C@@H](O)O[C@H](CO[C@H]4O[C@H](CO)[C@@H](O)[C@H](O)[C@@H]4O[C@H]4O[C@H](CO)[C@@H](O)[C@H](O)[C@@H]4O)[C@H]3O)O[C@H](CO)[C@@H](O)[C@@H]2O)[C@@H](O)[C@@H](O)[C@@H]1O. The Morgan fingerprint density at radius 2 is 0.767 bits per heavy atom. The topological polar surface area (TPSA) is 474 Å². The third-order valence-electron chi connectivity index (χ3n) is 10.5. The largest absolute Gasteiger partial charge is 0.469 e. The highest BCUT2D eigenvalue weighted by Crippen LogP contribution is 2.38. The first-order chi connectivity index (χ1) is 28.1. The van der Waals surface area contributed by atoms with Crippen LogP contribution in [0, 0.1) is 0 Å². The van der Waals surface area contributed by atoms with Gasteiger partial charge in [-0.2, -0.15) is 0 Å². The molecule has 25 atom stereocenters. The van der Waals surface area contributed by atoms with E-state index in [1.54, 1.807) is 0 Å². The van der Waals surface area contributed by atoms with Crippen LogP contribution < -0.4 is 0 Å². The van der Waals surface area contributed by atoms with Crippen molar-refractivity contribution in [2.45, 2.75) is 154 Å². The summed E-state index contributed by atoms with van der Waals surface area (Å²) >= 11 is 0. The Bertz CT molecular complexity index is 1380. The lowest BCUT2D eigenvalue weighted by atomic mass is 9.96. The molecule has 30 heteroatoms. The summed E-state index contributed by atoms with van der Waals surface area (Å²) in [5.41, 5.74) is 0. The van der Waals surface area contributed by atoms with Gasteiger partial charge in [-0.05, 0) is 0 Å². The van der Waals surface area contributed by atoms with Crippen LogP contribution in [0.2, 0.25) is 0 Å². The van der Waals surface area contributed by atoms with Crippen LogP contribution in [-0.2, 0) is 51.7 Å². The average molecular weight is 909 g/mol. The molecule has 0 aromatic heterocycles. The van der Waals surface area contributed by atoms with Crippen molar-refractivity contribution in [3.05, 3.63) is 0 Å². The Balaban J connectivity index is 1.33. The Kier molecular flexibility index (Phi) is 17.5. The van der Waals surface area contributed by atoms with Crippen molar-refractivity contribution in [3.63, 3.8) is 0 Å². The van der Waals surface area contributed by atoms with E-state index in [1.165, 1.54) is 0 Å². The maximum atomic E-state index is 11.4. The van der Waals surface area contributed by atoms with Crippen LogP contribution in [0.25, 0.3) is 0 Å². The monoisotopic (exact) mass is 908 g/mol. The van der Waals surface area contributed by atoms with Crippen LogP contribution in [0.1, 0.15) is 0 Å². The first kappa shape index (κ1) is 50.1. The second-order valence-electron chi connectivity index (χ2n) is 14.6. The lowest BCUT2D eigenvalue weighted by molar-refractivity contribution is -0.391. The molecule has 5 aliphatic rings. The Morgan fingerprint density at radius 3 is 1.25 bits per heavy atom. The van der Waals surface area contributed by atoms with Crippen molar-refractivity contribution in [3.8, 4) is 0 Å². The summed E-state index contributed by atoms with van der Waals surface area (Å²) in [5.74, 6) is 0. The summed E-state index contributed by atoms with van der Waals surface area (Å²) in [6.45, 7) is -4.71. The zero-order valence-corrected chi connectivity index (χ0v) is 31.9. The van der Waals surface area contributed by atoms with Crippen molar-refractivity contribution >= 4 is 7.82 Å². The van der Waals surface area contributed by atoms with Crippen LogP contribution in [-0.4, -0.2) is 278 Å². The lowest BCUT2D eigenvalue weighted by Crippen LogP contribution is -2.67. The van der Waals surface area contributed by atoms with Gasteiger partial charge in [0.15, 0.2) is 31.5 Å². The molecule has 18 N–H and O–H groups in total. The molecule has 352 valence electrons. The molecular weight excluding hydrogens is 855 g/mol. The minimum absolute atomic E-state index is 0.863. The quantitative estimate of drug-likeness (QED) is 0.0678. The number of rotatable bonds is 15. The van der Waals surface area contributed by atoms with Gasteiger partial charge in [0.05, 0.1) is 33.0 Å². The van der Waals surface area contributed by atoms with Crippen LogP contribution >= 0.6 is 7.82 Å². The number of ether oxygens (including phenoxy) is 9. The molecule has 0 unspecified atom stereocenters. The van der Waals surface area contributed by atoms with E-state index in [2.05, 4.69) is 4.52 Å². The Hall–Kier alpha value is -0.890. The summed E-state index contributed by atoms with van der Waals surface area (Å²) in [7, 11) is -5.16. The summed E-state index contributed by atoms with van der Waals surface area (Å²) < 4.78 is 65.0. The highest BCUT2D eigenvalue weighted by atomic mass is 31.2. The van der Waals surface area contributed by atoms with Crippen molar-refractivity contribution < 1.29 is 143 Å². The molecule has 29 nitrogen and oxygen atoms in total. The maximum Gasteiger partial charge on any atom is 0.469 e. The molecule has 5 aliphatic heterocycles. The molecule has 5 saturated heterocycles. The van der Waals surface area contributed by atoms with Gasteiger partial charge in [0.2, 0.25) is 0 Å². The molecular formula is C30H53O29P. The van der Waals surface area contributed by atoms with Gasteiger partial charge >= 0.3 is 7.82 Å². The van der Waals surface area contributed by atoms with Crippen LogP contribution in [0.4, 0.5) is 0 Å². The summed E-state index contributed by atoms with van der Waals surface area (Å²) in [4.78, 5) is 18.1. The van der Waals surface area contributed by atoms with Crippen molar-refractivity contribution in [1.29, 1.82) is 0 Å². The molecule has 5 fully saturated rings. The van der Waals surface area contributed by atoms with Crippen LogP contribution in [0.3, 0.4) is 0 Å². The zero-order chi connectivity index (χ0) is 44.5. The van der Waals surface area contributed by atoms with Crippen molar-refractivity contribution in [1.82, 2.24) is 0 Å². The standard InChI is InChI=1S/C30H53O29P/c31-1-6-11(34)16(39)20(43)27(53-6)58-24-18(41)12(35)7(2-32)54-29(24)50-4-9-15(38)23(22(45)26(46)52-9)57-30-25(19(42)13(36)8(3-33)55-30)59-28-21(44)17(40)14(37)10(56-28)5-51-60(47,48)49/h6-46H,1-5H2,(H2,47,48,49)/t6-,7-,8-,9-,10-,11-,12-,13-,14-,15-,16+,17+,18+,19+,20+,21+,22+,23+,24+,25+,26+,27-,28-,29+,30-/m1/s1. The number of hydrogen-bond acceptors (Lipinski definition) is 27. The summed E-state index contributed by atoms with van der Waals surface area (Å²) in [6, 6.07) is 0. The predicted octanol–water partition coefficient (Wildman–Crippen LogP) is -11.8. The minimum Gasteiger partial charge on any atom is -0.394 e. The molecule has 0 radical (unpaired) electrons. The highest BCUT2D eigenvalue weighted by molar-refractivity contribution is 7.46. The number of aliphatic hydroxyl groups excluding tert-OH is 16. The summed E-state index contributed by atoms with van der Waals surface area (Å²) in [6.07, 6.45) is -48.8. The van der Waals surface area contributed by atoms with E-state index in [4.69, 9.17) is 52.4 Å². The third-order valence-corrected chi connectivity index (χ3v) is 11.0. The smallest absolute Gasteiger partial charge is 0.394 e. The second kappa shape index (κ2) is 21.0. The second-order valence-corrected chi connectivity index (χ2v) is 15.8. The van der Waals surface area contributed by atoms with E-state index in [-0.39, 0.29) is 0 Å². The van der Waals surface area contributed by atoms with E-state index in [1.807, 2.05) is 0 Å². The first-order valence-electron chi connectivity index (χ1n) is 18.4. The van der Waals surface area contributed by atoms with Gasteiger partial charge in [-0.3, -0.25) is 4.52 Å². The molecule has 0 saturated carbocycles. The van der Waals surface area contributed by atoms with Crippen LogP contribution in [0.15, 0.2) is 0 Å². The van der Waals surface area contributed by atoms with Gasteiger partial charge in [0, 0.05) is 0 Å². The number of hydrogen-bond donors (Lipinski definition) is 18. The molecule has 0 spiro atoms. The molecule has 5 heterocycles. The molecule has 0 bridgehead atoms. The molecule has 0 amide bonds. The van der Waals surface area contributed by atoms with Crippen molar-refractivity contribution in [2.24, 2.45) is 0 Å². The molecule has 0 aromatic rings. The van der Waals surface area contributed by atoms with E-state index >= 15 is 0 Å². The average Bonchev–Trinajstić information content (AvgIpc) is 3.21. The molecule has 60 heavy (non-hydrogen) atoms. The van der Waals surface area contributed by atoms with Gasteiger partial charge in [-0.1, -0.05) is 0 Å². The minimum atomic E-state index is -5.16. The zero-order valence-electron chi connectivity index (χ0n) is 31.0. The summed E-state index contributed by atoms with van der Waals surface area (Å²) in [5, 5.41) is 167. The van der Waals surface area contributed by atoms with Gasteiger partial charge in [0.25, 0.3) is 0 Å². The molecule has 0 aliphatic carbocycles. The van der Waals surface area contributed by atoms with E-state index in [0.717, 1.165) is 0 Å². The molecule has 5 rings (SSSR count). The maximum absolute atomic E-state index is 11.4. The first-order valence-corrected chi connectivity index (χ1v) is 19.9. The van der Waals surface area contributed by atoms with Crippen LogP contribution in [0.5, 0.6) is 0 Å². The number of phosphoric ester groups is 1. The Labute approximate surface area is 337 Å². The third kappa shape index (κ3) is 11.0. The highest BCUT2D eigenvalue weighted by Gasteiger charge is 2.55. The lowest BCUT2D eigenvalue weighted by Gasteiger charge is -2.48. The van der Waals surface area contributed by atoms with Gasteiger partial charge < -0.3 is 134 Å². The van der Waals surface area contributed by atoms with E-state index in [0.29, 0.717) is 0 Å². The Morgan fingerprint density at radius 1 is 0.383 bits per heavy atom. The van der Waals surface area contributed by atoms with E-state index in [9.17, 15) is 86.3 Å². The fourth-order valence-corrected chi connectivity index (χ4v) is 7.37. The number of phosphoric acid groups is 1. The number of aliphatic hydroxyl groups is 16. The van der Waals surface area contributed by atoms with Gasteiger partial charge in [-0.15, -0.1) is 0 Å². The van der Waals surface area contributed by atoms with Crippen molar-refractivity contribution in [2.75, 3.05) is 33.0 Å². The predicted molar refractivity (Wildman–Crippen MR) is 177 cm³/mol. The van der Waals surface area contributed by atoms with Gasteiger partial charge in [-0.25, -0.2) is 4.57 Å².